The standard InChI is InChI=1S/C19H16N2O6S.Na/c22-18(21-20-12-17-10-11-19(27-17)28(23,24)25)13-26-16-8-6-15(7-9-16)14-4-2-1-3-5-14;/h1-12H,13H2,(H,21,22)(H,23,24,25);/q;+1/p-1. The molecule has 0 spiro atoms. The van der Waals surface area contributed by atoms with Crippen LogP contribution in [-0.4, -0.2) is 31.7 Å². The Morgan fingerprint density at radius 1 is 1.03 bits per heavy atom. The van der Waals surface area contributed by atoms with Gasteiger partial charge in [0.25, 0.3) is 5.91 Å². The molecule has 0 saturated heterocycles. The molecule has 0 aliphatic rings. The molecule has 0 atom stereocenters. The Labute approximate surface area is 189 Å². The zero-order valence-electron chi connectivity index (χ0n) is 15.4. The van der Waals surface area contributed by atoms with E-state index >= 15 is 0 Å². The van der Waals surface area contributed by atoms with Gasteiger partial charge in [0.2, 0.25) is 5.09 Å². The first-order chi connectivity index (χ1) is 13.4. The molecular formula is C19H15N2NaO6S. The van der Waals surface area contributed by atoms with E-state index in [-0.39, 0.29) is 41.9 Å². The predicted molar refractivity (Wildman–Crippen MR) is 99.8 cm³/mol. The smallest absolute Gasteiger partial charge is 0.742 e. The molecule has 0 aliphatic carbocycles. The van der Waals surface area contributed by atoms with Crippen LogP contribution >= 0.6 is 0 Å². The normalized spacial score (nSPS) is 11.1. The Hall–Kier alpha value is -2.43. The Balaban J connectivity index is 0.00000300. The Kier molecular flexibility index (Phi) is 8.18. The minimum atomic E-state index is -4.67. The zero-order valence-corrected chi connectivity index (χ0v) is 18.3. The van der Waals surface area contributed by atoms with Crippen molar-refractivity contribution in [2.24, 2.45) is 5.10 Å². The molecule has 2 aromatic carbocycles. The monoisotopic (exact) mass is 422 g/mol. The summed E-state index contributed by atoms with van der Waals surface area (Å²) >= 11 is 0. The third-order valence-electron chi connectivity index (χ3n) is 3.56. The molecule has 3 aromatic rings. The van der Waals surface area contributed by atoms with Crippen molar-refractivity contribution in [2.45, 2.75) is 5.09 Å². The molecule has 0 fully saturated rings. The molecule has 1 heterocycles. The van der Waals surface area contributed by atoms with Crippen LogP contribution < -0.4 is 39.7 Å². The van der Waals surface area contributed by atoms with Crippen LogP contribution in [0.3, 0.4) is 0 Å². The van der Waals surface area contributed by atoms with Crippen LogP contribution in [0.25, 0.3) is 11.1 Å². The Morgan fingerprint density at radius 2 is 1.69 bits per heavy atom. The summed E-state index contributed by atoms with van der Waals surface area (Å²) in [6.07, 6.45) is 1.07. The fourth-order valence-electron chi connectivity index (χ4n) is 2.26. The van der Waals surface area contributed by atoms with Gasteiger partial charge in [-0.15, -0.1) is 0 Å². The van der Waals surface area contributed by atoms with E-state index in [0.717, 1.165) is 23.4 Å². The second-order valence-corrected chi connectivity index (χ2v) is 6.89. The first-order valence-electron chi connectivity index (χ1n) is 8.08. The number of rotatable bonds is 7. The van der Waals surface area contributed by atoms with E-state index in [9.17, 15) is 17.8 Å². The summed E-state index contributed by atoms with van der Waals surface area (Å²) in [7, 11) is -4.67. The van der Waals surface area contributed by atoms with Gasteiger partial charge in [-0.3, -0.25) is 4.79 Å². The number of furan rings is 1. The summed E-state index contributed by atoms with van der Waals surface area (Å²) in [5.74, 6) is 0.00824. The summed E-state index contributed by atoms with van der Waals surface area (Å²) < 4.78 is 42.5. The topological polar surface area (TPSA) is 121 Å². The number of nitrogens with one attached hydrogen (secondary N) is 1. The molecule has 144 valence electrons. The van der Waals surface area contributed by atoms with Crippen LogP contribution in [0, 0.1) is 0 Å². The van der Waals surface area contributed by atoms with Crippen molar-refractivity contribution >= 4 is 22.2 Å². The minimum Gasteiger partial charge on any atom is -0.742 e. The molecule has 0 bridgehead atoms. The zero-order chi connectivity index (χ0) is 20.0. The van der Waals surface area contributed by atoms with E-state index < -0.39 is 21.1 Å². The molecule has 0 radical (unpaired) electrons. The largest absolute Gasteiger partial charge is 1.00 e. The van der Waals surface area contributed by atoms with Crippen LogP contribution in [-0.2, 0) is 14.9 Å². The van der Waals surface area contributed by atoms with Gasteiger partial charge >= 0.3 is 29.6 Å². The Morgan fingerprint density at radius 3 is 2.31 bits per heavy atom. The molecular weight excluding hydrogens is 407 g/mol. The number of hydrogen-bond donors (Lipinski definition) is 1. The predicted octanol–water partition coefficient (Wildman–Crippen LogP) is -0.616. The number of nitrogens with zero attached hydrogens (tertiary/aromatic N) is 1. The molecule has 3 rings (SSSR count). The number of hydrogen-bond acceptors (Lipinski definition) is 7. The van der Waals surface area contributed by atoms with Gasteiger partial charge in [0.15, 0.2) is 16.7 Å². The van der Waals surface area contributed by atoms with Crippen LogP contribution in [0.4, 0.5) is 0 Å². The van der Waals surface area contributed by atoms with Crippen molar-refractivity contribution in [2.75, 3.05) is 6.61 Å². The summed E-state index contributed by atoms with van der Waals surface area (Å²) in [5.41, 5.74) is 4.31. The maximum absolute atomic E-state index is 11.7. The van der Waals surface area contributed by atoms with E-state index in [0.29, 0.717) is 5.75 Å². The van der Waals surface area contributed by atoms with Gasteiger partial charge in [-0.05, 0) is 35.4 Å². The number of ether oxygens (including phenoxy) is 1. The van der Waals surface area contributed by atoms with Gasteiger partial charge in [-0.2, -0.15) is 5.10 Å². The second kappa shape index (κ2) is 10.4. The van der Waals surface area contributed by atoms with E-state index in [1.165, 1.54) is 6.07 Å². The fourth-order valence-corrected chi connectivity index (χ4v) is 2.69. The molecule has 1 aromatic heterocycles. The summed E-state index contributed by atoms with van der Waals surface area (Å²) in [6.45, 7) is -0.264. The summed E-state index contributed by atoms with van der Waals surface area (Å²) in [5, 5.41) is 2.89. The van der Waals surface area contributed by atoms with Crippen LogP contribution in [0.5, 0.6) is 5.75 Å². The van der Waals surface area contributed by atoms with Crippen molar-refractivity contribution in [1.82, 2.24) is 5.43 Å². The number of carbonyl (C=O) groups excluding carboxylic acids is 1. The first-order valence-corrected chi connectivity index (χ1v) is 9.48. The number of benzene rings is 2. The van der Waals surface area contributed by atoms with Crippen LogP contribution in [0.15, 0.2) is 81.3 Å². The van der Waals surface area contributed by atoms with E-state index in [1.54, 1.807) is 12.1 Å². The third kappa shape index (κ3) is 6.84. The van der Waals surface area contributed by atoms with Gasteiger partial charge in [0, 0.05) is 0 Å². The van der Waals surface area contributed by atoms with Crippen molar-refractivity contribution in [3.05, 3.63) is 72.5 Å². The maximum Gasteiger partial charge on any atom is 1.00 e. The molecule has 0 saturated carbocycles. The Bertz CT molecular complexity index is 1080. The summed E-state index contributed by atoms with van der Waals surface area (Å²) in [6, 6.07) is 19.4. The fraction of sp³-hybridized carbons (Fsp3) is 0.0526. The number of amides is 1. The number of hydrazone groups is 1. The molecule has 0 unspecified atom stereocenters. The van der Waals surface area contributed by atoms with Crippen LogP contribution in [0.1, 0.15) is 5.76 Å². The average Bonchev–Trinajstić information content (AvgIpc) is 3.17. The SMILES string of the molecule is O=C(COc1ccc(-c2ccccc2)cc1)NN=Cc1ccc(S(=O)(=O)[O-])o1.[Na+]. The van der Waals surface area contributed by atoms with Gasteiger partial charge in [-0.1, -0.05) is 42.5 Å². The van der Waals surface area contributed by atoms with Crippen molar-refractivity contribution in [3.8, 4) is 16.9 Å². The number of carbonyl (C=O) groups is 1. The van der Waals surface area contributed by atoms with Gasteiger partial charge in [-0.25, -0.2) is 13.8 Å². The summed E-state index contributed by atoms with van der Waals surface area (Å²) in [4.78, 5) is 11.7. The van der Waals surface area contributed by atoms with Gasteiger partial charge in [0.1, 0.15) is 11.5 Å². The van der Waals surface area contributed by atoms with Crippen molar-refractivity contribution < 1.29 is 56.5 Å². The molecule has 29 heavy (non-hydrogen) atoms. The molecule has 0 aliphatic heterocycles. The van der Waals surface area contributed by atoms with Crippen molar-refractivity contribution in [1.29, 1.82) is 0 Å². The third-order valence-corrected chi connectivity index (χ3v) is 4.27. The first kappa shape index (κ1) is 22.9. The average molecular weight is 422 g/mol. The van der Waals surface area contributed by atoms with Crippen molar-refractivity contribution in [3.63, 3.8) is 0 Å². The van der Waals surface area contributed by atoms with E-state index in [4.69, 9.17) is 9.15 Å². The quantitative estimate of drug-likeness (QED) is 0.235. The molecule has 1 amide bonds. The van der Waals surface area contributed by atoms with Crippen LogP contribution in [0.2, 0.25) is 0 Å². The maximum atomic E-state index is 11.7. The van der Waals surface area contributed by atoms with Gasteiger partial charge < -0.3 is 13.7 Å². The van der Waals surface area contributed by atoms with Gasteiger partial charge in [0.05, 0.1) is 6.21 Å². The molecule has 8 nitrogen and oxygen atoms in total. The minimum absolute atomic E-state index is 0. The molecule has 1 N–H and O–H groups in total. The molecule has 10 heteroatoms. The van der Waals surface area contributed by atoms with E-state index in [2.05, 4.69) is 10.5 Å². The van der Waals surface area contributed by atoms with E-state index in [1.807, 2.05) is 42.5 Å². The second-order valence-electron chi connectivity index (χ2n) is 5.58.